The number of aromatic nitrogens is 9. The van der Waals surface area contributed by atoms with Gasteiger partial charge in [-0.05, 0) is 17.3 Å². The van der Waals surface area contributed by atoms with Gasteiger partial charge in [0.05, 0.1) is 37.2 Å². The number of tetrazole rings is 1. The molecule has 0 saturated heterocycles. The number of hydrogen-bond donors (Lipinski definition) is 1. The molecule has 38 heavy (non-hydrogen) atoms. The van der Waals surface area contributed by atoms with E-state index in [1.807, 2.05) is 17.8 Å². The van der Waals surface area contributed by atoms with Crippen molar-refractivity contribution < 1.29 is 18.3 Å². The van der Waals surface area contributed by atoms with Gasteiger partial charge >= 0.3 is 0 Å². The summed E-state index contributed by atoms with van der Waals surface area (Å²) in [6.07, 6.45) is 7.21. The van der Waals surface area contributed by atoms with Gasteiger partial charge in [-0.1, -0.05) is 0 Å². The van der Waals surface area contributed by atoms with Crippen LogP contribution >= 0.6 is 11.3 Å². The Morgan fingerprint density at radius 2 is 2.08 bits per heavy atom. The number of carbonyl (C=O) groups is 1. The maximum atomic E-state index is 14.1. The van der Waals surface area contributed by atoms with Crippen LogP contribution in [-0.2, 0) is 18.3 Å². The summed E-state index contributed by atoms with van der Waals surface area (Å²) in [6, 6.07) is 2.92. The molecule has 1 amide bonds. The van der Waals surface area contributed by atoms with Crippen LogP contribution in [0.3, 0.4) is 0 Å². The minimum atomic E-state index is -0.880. The molecule has 1 aromatic carbocycles. The van der Waals surface area contributed by atoms with E-state index >= 15 is 0 Å². The molecule has 1 atom stereocenters. The minimum Gasteiger partial charge on any atom is -0.383 e. The number of thiazole rings is 1. The molecule has 12 nitrogen and oxygen atoms in total. The molecule has 0 radical (unpaired) electrons. The zero-order valence-electron chi connectivity index (χ0n) is 20.3. The first-order chi connectivity index (χ1) is 18.4. The van der Waals surface area contributed by atoms with Gasteiger partial charge in [-0.2, -0.15) is 10.2 Å². The Morgan fingerprint density at radius 1 is 1.21 bits per heavy atom. The fourth-order valence-corrected chi connectivity index (χ4v) is 4.63. The third-order valence-corrected chi connectivity index (χ3v) is 6.57. The number of aryl methyl sites for hydroxylation is 1. The molecule has 15 heteroatoms. The summed E-state index contributed by atoms with van der Waals surface area (Å²) in [7, 11) is 3.44. The highest BCUT2D eigenvalue weighted by Crippen LogP contribution is 2.30. The van der Waals surface area contributed by atoms with Crippen LogP contribution in [-0.4, -0.2) is 70.9 Å². The van der Waals surface area contributed by atoms with Crippen molar-refractivity contribution in [2.24, 2.45) is 7.05 Å². The number of hydrogen-bond acceptors (Lipinski definition) is 9. The summed E-state index contributed by atoms with van der Waals surface area (Å²) < 4.78 is 35.8. The van der Waals surface area contributed by atoms with Gasteiger partial charge in [0.25, 0.3) is 11.7 Å². The fourth-order valence-electron chi connectivity index (χ4n) is 3.68. The number of methoxy groups -OCH3 is 1. The number of benzene rings is 1. The molecule has 1 N–H and O–H groups in total. The van der Waals surface area contributed by atoms with E-state index in [0.717, 1.165) is 38.8 Å². The van der Waals surface area contributed by atoms with Gasteiger partial charge in [-0.3, -0.25) is 14.2 Å². The van der Waals surface area contributed by atoms with Gasteiger partial charge in [0.15, 0.2) is 5.82 Å². The monoisotopic (exact) mass is 540 g/mol. The molecule has 0 fully saturated rings. The number of nitrogens with zero attached hydrogens (tertiary/aromatic N) is 9. The molecule has 0 bridgehead atoms. The zero-order chi connectivity index (χ0) is 26.6. The highest BCUT2D eigenvalue weighted by molar-refractivity contribution is 7.10. The Labute approximate surface area is 218 Å². The van der Waals surface area contributed by atoms with Crippen molar-refractivity contribution in [3.05, 3.63) is 76.4 Å². The topological polar surface area (TPSA) is 130 Å². The SMILES string of the molecule is COCCn1cc(-c2csc(C(CNC(=O)c3nnn(-c4ccc(F)cc4F)n3)c3cnn(C)c3)n2)cn1. The third-order valence-electron chi connectivity index (χ3n) is 5.61. The Morgan fingerprint density at radius 3 is 2.84 bits per heavy atom. The highest BCUT2D eigenvalue weighted by Gasteiger charge is 2.23. The summed E-state index contributed by atoms with van der Waals surface area (Å²) in [5.41, 5.74) is 2.35. The lowest BCUT2D eigenvalue weighted by Crippen LogP contribution is -2.29. The van der Waals surface area contributed by atoms with Crippen LogP contribution < -0.4 is 5.32 Å². The van der Waals surface area contributed by atoms with Crippen molar-refractivity contribution in [1.82, 2.24) is 50.1 Å². The van der Waals surface area contributed by atoms with Gasteiger partial charge < -0.3 is 10.1 Å². The standard InChI is InChI=1S/C23H22F2N10O2S/c1-33-11-14(8-27-33)17(23-29-19(13-38-23)15-9-28-34(12-15)5-6-37-2)10-26-22(36)21-30-32-35(31-21)20-4-3-16(24)7-18(20)25/h3-4,7-9,11-13,17H,5-6,10H2,1-2H3,(H,26,36). The fraction of sp³-hybridized carbons (Fsp3) is 0.261. The first-order valence-corrected chi connectivity index (χ1v) is 12.3. The van der Waals surface area contributed by atoms with E-state index in [2.05, 4.69) is 30.9 Å². The smallest absolute Gasteiger partial charge is 0.292 e. The van der Waals surface area contributed by atoms with Crippen molar-refractivity contribution >= 4 is 17.2 Å². The Balaban J connectivity index is 1.32. The van der Waals surface area contributed by atoms with Crippen LogP contribution in [0.15, 0.2) is 48.4 Å². The van der Waals surface area contributed by atoms with E-state index in [9.17, 15) is 13.6 Å². The quantitative estimate of drug-likeness (QED) is 0.285. The van der Waals surface area contributed by atoms with Crippen LogP contribution in [0.1, 0.15) is 27.1 Å². The summed E-state index contributed by atoms with van der Waals surface area (Å²) >= 11 is 1.45. The number of carbonyl (C=O) groups excluding carboxylic acids is 1. The Kier molecular flexibility index (Phi) is 7.28. The molecular weight excluding hydrogens is 518 g/mol. The van der Waals surface area contributed by atoms with Crippen molar-refractivity contribution in [2.45, 2.75) is 12.5 Å². The van der Waals surface area contributed by atoms with Crippen LogP contribution in [0, 0.1) is 11.6 Å². The average Bonchev–Trinajstić information content (AvgIpc) is 3.70. The predicted octanol–water partition coefficient (Wildman–Crippen LogP) is 2.20. The van der Waals surface area contributed by atoms with Gasteiger partial charge in [-0.15, -0.1) is 26.3 Å². The van der Waals surface area contributed by atoms with E-state index in [1.54, 1.807) is 35.9 Å². The summed E-state index contributed by atoms with van der Waals surface area (Å²) in [6.45, 7) is 1.35. The van der Waals surface area contributed by atoms with Gasteiger partial charge in [0.2, 0.25) is 0 Å². The highest BCUT2D eigenvalue weighted by atomic mass is 32.1. The van der Waals surface area contributed by atoms with Crippen molar-refractivity contribution in [3.8, 4) is 16.9 Å². The second kappa shape index (κ2) is 10.9. The molecular formula is C23H22F2N10O2S. The number of rotatable bonds is 10. The molecule has 196 valence electrons. The maximum Gasteiger partial charge on any atom is 0.292 e. The first kappa shape index (κ1) is 25.3. The van der Waals surface area contributed by atoms with E-state index < -0.39 is 17.5 Å². The summed E-state index contributed by atoms with van der Waals surface area (Å²) in [5, 5.41) is 25.5. The molecule has 0 aliphatic carbocycles. The van der Waals surface area contributed by atoms with Gasteiger partial charge in [0, 0.05) is 55.7 Å². The minimum absolute atomic E-state index is 0.132. The molecule has 0 spiro atoms. The van der Waals surface area contributed by atoms with Crippen LogP contribution in [0.4, 0.5) is 8.78 Å². The second-order valence-electron chi connectivity index (χ2n) is 8.26. The third kappa shape index (κ3) is 5.47. The molecule has 1 unspecified atom stereocenters. The normalized spacial score (nSPS) is 12.1. The molecule has 4 heterocycles. The zero-order valence-corrected chi connectivity index (χ0v) is 21.1. The van der Waals surface area contributed by atoms with Crippen molar-refractivity contribution in [1.29, 1.82) is 0 Å². The predicted molar refractivity (Wildman–Crippen MR) is 132 cm³/mol. The van der Waals surface area contributed by atoms with E-state index in [4.69, 9.17) is 9.72 Å². The van der Waals surface area contributed by atoms with E-state index in [1.165, 1.54) is 11.3 Å². The number of amides is 1. The first-order valence-electron chi connectivity index (χ1n) is 11.4. The Hall–Kier alpha value is -4.37. The van der Waals surface area contributed by atoms with Crippen molar-refractivity contribution in [3.63, 3.8) is 0 Å². The largest absolute Gasteiger partial charge is 0.383 e. The average molecular weight is 541 g/mol. The number of nitrogens with one attached hydrogen (secondary N) is 1. The molecule has 5 aromatic rings. The summed E-state index contributed by atoms with van der Waals surface area (Å²) in [5.74, 6) is -2.80. The van der Waals surface area contributed by atoms with Gasteiger partial charge in [-0.25, -0.2) is 13.8 Å². The molecule has 0 aliphatic rings. The molecule has 4 aromatic heterocycles. The lowest BCUT2D eigenvalue weighted by atomic mass is 10.0. The summed E-state index contributed by atoms with van der Waals surface area (Å²) in [4.78, 5) is 18.4. The lowest BCUT2D eigenvalue weighted by Gasteiger charge is -2.13. The lowest BCUT2D eigenvalue weighted by molar-refractivity contribution is 0.0942. The maximum absolute atomic E-state index is 14.1. The van der Waals surface area contributed by atoms with Crippen molar-refractivity contribution in [2.75, 3.05) is 20.3 Å². The number of halogens is 2. The molecule has 0 saturated carbocycles. The van der Waals surface area contributed by atoms with Gasteiger partial charge in [0.1, 0.15) is 16.5 Å². The van der Waals surface area contributed by atoms with Crippen LogP contribution in [0.25, 0.3) is 16.9 Å². The molecule has 0 aliphatic heterocycles. The Bertz CT molecular complexity index is 1560. The van der Waals surface area contributed by atoms with E-state index in [-0.39, 0.29) is 24.0 Å². The van der Waals surface area contributed by atoms with E-state index in [0.29, 0.717) is 19.2 Å². The molecule has 5 rings (SSSR count). The number of ether oxygens (including phenoxy) is 1. The van der Waals surface area contributed by atoms with Crippen LogP contribution in [0.2, 0.25) is 0 Å². The van der Waals surface area contributed by atoms with Crippen LogP contribution in [0.5, 0.6) is 0 Å². The second-order valence-corrected chi connectivity index (χ2v) is 9.15.